The molecule has 2 aromatic heterocycles. The monoisotopic (exact) mass is 714 g/mol. The van der Waals surface area contributed by atoms with Crippen molar-refractivity contribution in [2.24, 2.45) is 5.92 Å². The van der Waals surface area contributed by atoms with E-state index in [4.69, 9.17) is 9.97 Å². The van der Waals surface area contributed by atoms with Crippen LogP contribution in [0.4, 0.5) is 23.1 Å². The average molecular weight is 715 g/mol. The number of hydrogen-bond donors (Lipinski definition) is 3. The maximum Gasteiger partial charge on any atom is 0.227 e. The quantitative estimate of drug-likeness (QED) is 0.0535. The van der Waals surface area contributed by atoms with Crippen molar-refractivity contribution >= 4 is 46.7 Å². The number of nitrogens with one attached hydrogen (secondary N) is 3. The highest BCUT2D eigenvalue weighted by molar-refractivity contribution is 7.99. The molecule has 276 valence electrons. The third kappa shape index (κ3) is 13.7. The second-order valence-corrected chi connectivity index (χ2v) is 15.1. The zero-order valence-electron chi connectivity index (χ0n) is 30.8. The molecule has 11 heteroatoms. The van der Waals surface area contributed by atoms with Gasteiger partial charge in [-0.15, -0.1) is 0 Å². The Morgan fingerprint density at radius 3 is 2.16 bits per heavy atom. The van der Waals surface area contributed by atoms with Gasteiger partial charge in [0, 0.05) is 66.9 Å². The van der Waals surface area contributed by atoms with E-state index in [1.165, 1.54) is 82.4 Å². The number of rotatable bonds is 22. The molecule has 0 spiro atoms. The lowest BCUT2D eigenvalue weighted by Gasteiger charge is -2.35. The molecule has 0 unspecified atom stereocenters. The average Bonchev–Trinajstić information content (AvgIpc) is 3.92. The van der Waals surface area contributed by atoms with E-state index in [-0.39, 0.29) is 17.7 Å². The van der Waals surface area contributed by atoms with E-state index in [2.05, 4.69) is 44.8 Å². The number of carbonyl (C=O) groups is 2. The first-order chi connectivity index (χ1) is 25.0. The van der Waals surface area contributed by atoms with E-state index in [9.17, 15) is 9.59 Å². The molecule has 0 atom stereocenters. The number of piperazine rings is 1. The molecule has 51 heavy (non-hydrogen) atoms. The van der Waals surface area contributed by atoms with E-state index >= 15 is 0 Å². The molecule has 2 fully saturated rings. The van der Waals surface area contributed by atoms with Gasteiger partial charge in [-0.05, 0) is 87.9 Å². The van der Waals surface area contributed by atoms with E-state index in [0.29, 0.717) is 36.3 Å². The zero-order chi connectivity index (χ0) is 35.7. The SMILES string of the molecule is CCCCCCCCC=CCCCCCCCC(=O)N1CCN(c2cc(Nc3cc(C)[nH]n3)nc(Sc3ccc(NC(=O)C4CC4)cc3)n2)CC1. The zero-order valence-corrected chi connectivity index (χ0v) is 31.6. The van der Waals surface area contributed by atoms with E-state index in [0.717, 1.165) is 60.9 Å². The molecule has 0 radical (unpaired) electrons. The molecular weight excluding hydrogens is 657 g/mol. The van der Waals surface area contributed by atoms with Gasteiger partial charge in [0.25, 0.3) is 0 Å². The van der Waals surface area contributed by atoms with Crippen LogP contribution in [-0.2, 0) is 9.59 Å². The number of aromatic nitrogens is 4. The molecule has 2 aliphatic rings. The van der Waals surface area contributed by atoms with Crippen LogP contribution in [0.3, 0.4) is 0 Å². The number of anilines is 4. The molecular formula is C40H58N8O2S. The minimum absolute atomic E-state index is 0.0978. The van der Waals surface area contributed by atoms with Gasteiger partial charge in [-0.1, -0.05) is 70.4 Å². The molecule has 10 nitrogen and oxygen atoms in total. The van der Waals surface area contributed by atoms with E-state index < -0.39 is 0 Å². The van der Waals surface area contributed by atoms with Crippen molar-refractivity contribution in [2.45, 2.75) is 127 Å². The highest BCUT2D eigenvalue weighted by Crippen LogP contribution is 2.32. The molecule has 3 N–H and O–H groups in total. The van der Waals surface area contributed by atoms with Gasteiger partial charge in [0.2, 0.25) is 11.8 Å². The Labute approximate surface area is 309 Å². The number of benzene rings is 1. The van der Waals surface area contributed by atoms with Crippen LogP contribution >= 0.6 is 11.8 Å². The van der Waals surface area contributed by atoms with Crippen molar-refractivity contribution in [3.8, 4) is 0 Å². The number of amides is 2. The number of carbonyl (C=O) groups excluding carboxylic acids is 2. The number of aryl methyl sites for hydroxylation is 1. The van der Waals surface area contributed by atoms with Gasteiger partial charge >= 0.3 is 0 Å². The van der Waals surface area contributed by atoms with Crippen molar-refractivity contribution in [3.05, 3.63) is 54.2 Å². The Morgan fingerprint density at radius 1 is 0.843 bits per heavy atom. The summed E-state index contributed by atoms with van der Waals surface area (Å²) in [4.78, 5) is 40.1. The molecule has 2 amide bonds. The third-order valence-corrected chi connectivity index (χ3v) is 10.4. The van der Waals surface area contributed by atoms with Crippen LogP contribution in [0.5, 0.6) is 0 Å². The molecule has 1 aliphatic heterocycles. The van der Waals surface area contributed by atoms with E-state index in [1.807, 2.05) is 48.2 Å². The van der Waals surface area contributed by atoms with Gasteiger partial charge in [-0.3, -0.25) is 14.7 Å². The fourth-order valence-corrected chi connectivity index (χ4v) is 7.06. The van der Waals surface area contributed by atoms with Gasteiger partial charge in [-0.2, -0.15) is 5.10 Å². The summed E-state index contributed by atoms with van der Waals surface area (Å²) in [5, 5.41) is 14.2. The Hall–Kier alpha value is -3.86. The number of aromatic amines is 1. The summed E-state index contributed by atoms with van der Waals surface area (Å²) in [7, 11) is 0. The first-order valence-electron chi connectivity index (χ1n) is 19.4. The Kier molecular flexibility index (Phi) is 15.7. The molecule has 1 saturated carbocycles. The summed E-state index contributed by atoms with van der Waals surface area (Å²) >= 11 is 1.47. The lowest BCUT2D eigenvalue weighted by atomic mass is 10.1. The largest absolute Gasteiger partial charge is 0.353 e. The van der Waals surface area contributed by atoms with Gasteiger partial charge in [0.05, 0.1) is 0 Å². The van der Waals surface area contributed by atoms with Crippen LogP contribution in [0, 0.1) is 12.8 Å². The van der Waals surface area contributed by atoms with Crippen LogP contribution in [0.1, 0.15) is 115 Å². The maximum atomic E-state index is 13.0. The Morgan fingerprint density at radius 2 is 1.51 bits per heavy atom. The summed E-state index contributed by atoms with van der Waals surface area (Å²) in [6.45, 7) is 7.04. The number of H-pyrrole nitrogens is 1. The second kappa shape index (κ2) is 20.9. The maximum absolute atomic E-state index is 13.0. The smallest absolute Gasteiger partial charge is 0.227 e. The van der Waals surface area contributed by atoms with Crippen molar-refractivity contribution in [1.29, 1.82) is 0 Å². The summed E-state index contributed by atoms with van der Waals surface area (Å²) in [5.41, 5.74) is 1.75. The number of hydrogen-bond acceptors (Lipinski definition) is 8. The number of nitrogens with zero attached hydrogens (tertiary/aromatic N) is 5. The molecule has 5 rings (SSSR count). The normalized spacial score (nSPS) is 14.7. The molecule has 3 aromatic rings. The predicted molar refractivity (Wildman–Crippen MR) is 209 cm³/mol. The van der Waals surface area contributed by atoms with Crippen LogP contribution in [0.15, 0.2) is 58.6 Å². The van der Waals surface area contributed by atoms with Gasteiger partial charge in [0.1, 0.15) is 11.6 Å². The van der Waals surface area contributed by atoms with E-state index in [1.54, 1.807) is 0 Å². The lowest BCUT2D eigenvalue weighted by molar-refractivity contribution is -0.131. The Balaban J connectivity index is 1.04. The topological polar surface area (TPSA) is 119 Å². The molecule has 3 heterocycles. The minimum atomic E-state index is 0.0978. The Bertz CT molecular complexity index is 1530. The lowest BCUT2D eigenvalue weighted by Crippen LogP contribution is -2.49. The number of unbranched alkanes of at least 4 members (excludes halogenated alkanes) is 11. The van der Waals surface area contributed by atoms with Crippen LogP contribution in [-0.4, -0.2) is 63.1 Å². The summed E-state index contributed by atoms with van der Waals surface area (Å²) in [5.74, 6) is 2.69. The van der Waals surface area contributed by atoms with Crippen LogP contribution in [0.25, 0.3) is 0 Å². The molecule has 0 bridgehead atoms. The molecule has 1 saturated heterocycles. The standard InChI is InChI=1S/C40H58N8O2S/c1-3-4-5-6-7-8-9-10-11-12-13-14-15-16-17-18-38(49)48-27-25-47(26-28-48)37-30-35(42-36-29-31(2)45-46-36)43-40(44-37)51-34-23-21-33(22-24-34)41-39(50)32-19-20-32/h10-11,21-24,29-30,32H,3-9,12-20,25-28H2,1-2H3,(H,41,50)(H2,42,43,44,45,46). The van der Waals surface area contributed by atoms with Gasteiger partial charge in [0.15, 0.2) is 11.0 Å². The van der Waals surface area contributed by atoms with Crippen LogP contribution < -0.4 is 15.5 Å². The van der Waals surface area contributed by atoms with Crippen molar-refractivity contribution in [3.63, 3.8) is 0 Å². The van der Waals surface area contributed by atoms with Crippen molar-refractivity contribution in [1.82, 2.24) is 25.1 Å². The highest BCUT2D eigenvalue weighted by atomic mass is 32.2. The summed E-state index contributed by atoms with van der Waals surface area (Å²) in [6, 6.07) is 11.7. The fraction of sp³-hybridized carbons (Fsp3) is 0.575. The third-order valence-electron chi connectivity index (χ3n) is 9.54. The van der Waals surface area contributed by atoms with Gasteiger partial charge in [-0.25, -0.2) is 9.97 Å². The first-order valence-corrected chi connectivity index (χ1v) is 20.2. The van der Waals surface area contributed by atoms with Crippen molar-refractivity contribution in [2.75, 3.05) is 41.7 Å². The highest BCUT2D eigenvalue weighted by Gasteiger charge is 2.29. The predicted octanol–water partition coefficient (Wildman–Crippen LogP) is 9.44. The molecule has 1 aromatic carbocycles. The fourth-order valence-electron chi connectivity index (χ4n) is 6.29. The number of allylic oxidation sites excluding steroid dienone is 2. The second-order valence-electron chi connectivity index (χ2n) is 14.0. The van der Waals surface area contributed by atoms with Crippen LogP contribution in [0.2, 0.25) is 0 Å². The summed E-state index contributed by atoms with van der Waals surface area (Å²) < 4.78 is 0. The van der Waals surface area contributed by atoms with Crippen molar-refractivity contribution < 1.29 is 9.59 Å². The first kappa shape index (κ1) is 38.4. The van der Waals surface area contributed by atoms with Gasteiger partial charge < -0.3 is 20.4 Å². The summed E-state index contributed by atoms with van der Waals surface area (Å²) in [6.07, 6.45) is 23.7. The minimum Gasteiger partial charge on any atom is -0.353 e. The molecule has 1 aliphatic carbocycles.